The predicted octanol–water partition coefficient (Wildman–Crippen LogP) is 3.03. The molecule has 1 aliphatic heterocycles. The molecule has 2 aromatic carbocycles. The summed E-state index contributed by atoms with van der Waals surface area (Å²) in [6, 6.07) is 9.82. The fourth-order valence-electron chi connectivity index (χ4n) is 2.50. The number of nitrogens with one attached hydrogen (secondary N) is 1. The van der Waals surface area contributed by atoms with E-state index >= 15 is 0 Å². The lowest BCUT2D eigenvalue weighted by atomic mass is 10.1. The summed E-state index contributed by atoms with van der Waals surface area (Å²) in [6.07, 6.45) is 0.735. The predicted molar refractivity (Wildman–Crippen MR) is 87.2 cm³/mol. The van der Waals surface area contributed by atoms with E-state index in [1.165, 1.54) is 18.2 Å². The van der Waals surface area contributed by atoms with Crippen molar-refractivity contribution in [3.8, 4) is 11.5 Å². The van der Waals surface area contributed by atoms with Crippen LogP contribution in [0.2, 0.25) is 0 Å². The zero-order chi connectivity index (χ0) is 17.2. The van der Waals surface area contributed by atoms with E-state index in [4.69, 9.17) is 9.47 Å². The smallest absolute Gasteiger partial charge is 0.241 e. The van der Waals surface area contributed by atoms with Crippen LogP contribution in [0.3, 0.4) is 0 Å². The average Bonchev–Trinajstić information content (AvgIpc) is 2.79. The summed E-state index contributed by atoms with van der Waals surface area (Å²) in [5, 5.41) is 0. The van der Waals surface area contributed by atoms with Crippen LogP contribution in [0.5, 0.6) is 11.5 Å². The second-order valence-corrected chi connectivity index (χ2v) is 7.24. The Morgan fingerprint density at radius 2 is 1.79 bits per heavy atom. The molecule has 0 radical (unpaired) electrons. The fraction of sp³-hybridized carbons (Fsp3) is 0.294. The number of benzene rings is 2. The van der Waals surface area contributed by atoms with Crippen molar-refractivity contribution in [1.82, 2.24) is 4.72 Å². The summed E-state index contributed by atoms with van der Waals surface area (Å²) in [5.41, 5.74) is 0.287. The van der Waals surface area contributed by atoms with Crippen molar-refractivity contribution in [1.29, 1.82) is 0 Å². The van der Waals surface area contributed by atoms with Crippen LogP contribution < -0.4 is 14.2 Å². The van der Waals surface area contributed by atoms with Gasteiger partial charge in [0.1, 0.15) is 5.82 Å². The second-order valence-electron chi connectivity index (χ2n) is 5.52. The normalized spacial score (nSPS) is 15.6. The lowest BCUT2D eigenvalue weighted by Gasteiger charge is -2.16. The van der Waals surface area contributed by atoms with Gasteiger partial charge in [0, 0.05) is 24.1 Å². The fourth-order valence-corrected chi connectivity index (χ4v) is 3.74. The molecule has 0 amide bonds. The van der Waals surface area contributed by atoms with Crippen molar-refractivity contribution in [2.45, 2.75) is 24.3 Å². The van der Waals surface area contributed by atoms with E-state index in [1.807, 2.05) is 0 Å². The third-order valence-corrected chi connectivity index (χ3v) is 5.27. The van der Waals surface area contributed by atoms with Crippen LogP contribution in [-0.4, -0.2) is 21.6 Å². The molecule has 1 heterocycles. The quantitative estimate of drug-likeness (QED) is 0.920. The van der Waals surface area contributed by atoms with Crippen molar-refractivity contribution in [2.75, 3.05) is 13.2 Å². The molecule has 0 unspecified atom stereocenters. The number of rotatable bonds is 4. The molecule has 1 atom stereocenters. The van der Waals surface area contributed by atoms with Gasteiger partial charge in [-0.2, -0.15) is 0 Å². The average molecular weight is 351 g/mol. The zero-order valence-electron chi connectivity index (χ0n) is 13.2. The number of fused-ring (bicyclic) bond motifs is 1. The highest BCUT2D eigenvalue weighted by atomic mass is 32.2. The van der Waals surface area contributed by atoms with Gasteiger partial charge in [-0.1, -0.05) is 18.2 Å². The molecule has 0 aromatic heterocycles. The molecule has 0 fully saturated rings. The maximum atomic E-state index is 13.8. The standard InChI is InChI=1S/C17H18FNO4S/c1-12(14-5-2-3-6-15(14)18)19-24(20,21)13-7-8-16-17(11-13)23-10-4-9-22-16/h2-3,5-8,11-12,19H,4,9-10H2,1H3/t12-/m0/s1. The van der Waals surface area contributed by atoms with Gasteiger partial charge in [0.05, 0.1) is 18.1 Å². The second kappa shape index (κ2) is 6.78. The minimum Gasteiger partial charge on any atom is -0.490 e. The SMILES string of the molecule is C[C@H](NS(=O)(=O)c1ccc2c(c1)OCCCO2)c1ccccc1F. The van der Waals surface area contributed by atoms with Gasteiger partial charge in [0.2, 0.25) is 10.0 Å². The molecule has 1 aliphatic rings. The van der Waals surface area contributed by atoms with Gasteiger partial charge in [-0.25, -0.2) is 17.5 Å². The van der Waals surface area contributed by atoms with E-state index < -0.39 is 21.9 Å². The summed E-state index contributed by atoms with van der Waals surface area (Å²) in [6.45, 7) is 2.59. The van der Waals surface area contributed by atoms with Crippen LogP contribution in [0.25, 0.3) is 0 Å². The Morgan fingerprint density at radius 3 is 2.54 bits per heavy atom. The first-order valence-electron chi connectivity index (χ1n) is 7.64. The number of halogens is 1. The summed E-state index contributed by atoms with van der Waals surface area (Å²) >= 11 is 0. The summed E-state index contributed by atoms with van der Waals surface area (Å²) < 4.78 is 52.5. The Kier molecular flexibility index (Phi) is 4.73. The molecular formula is C17H18FNO4S. The maximum Gasteiger partial charge on any atom is 0.241 e. The molecule has 7 heteroatoms. The van der Waals surface area contributed by atoms with Gasteiger partial charge < -0.3 is 9.47 Å². The maximum absolute atomic E-state index is 13.8. The molecule has 0 spiro atoms. The molecule has 0 saturated carbocycles. The molecular weight excluding hydrogens is 333 g/mol. The van der Waals surface area contributed by atoms with E-state index in [-0.39, 0.29) is 10.5 Å². The van der Waals surface area contributed by atoms with Crippen LogP contribution in [0.1, 0.15) is 24.9 Å². The number of hydrogen-bond acceptors (Lipinski definition) is 4. The monoisotopic (exact) mass is 351 g/mol. The Morgan fingerprint density at radius 1 is 1.08 bits per heavy atom. The van der Waals surface area contributed by atoms with Crippen LogP contribution in [-0.2, 0) is 10.0 Å². The van der Waals surface area contributed by atoms with Crippen molar-refractivity contribution < 1.29 is 22.3 Å². The summed E-state index contributed by atoms with van der Waals surface area (Å²) in [7, 11) is -3.82. The minimum absolute atomic E-state index is 0.0509. The number of sulfonamides is 1. The van der Waals surface area contributed by atoms with Gasteiger partial charge >= 0.3 is 0 Å². The van der Waals surface area contributed by atoms with Gasteiger partial charge in [0.15, 0.2) is 11.5 Å². The first-order chi connectivity index (χ1) is 11.5. The molecule has 2 aromatic rings. The van der Waals surface area contributed by atoms with Crippen molar-refractivity contribution in [3.05, 3.63) is 53.8 Å². The van der Waals surface area contributed by atoms with E-state index in [2.05, 4.69) is 4.72 Å². The molecule has 0 aliphatic carbocycles. The lowest BCUT2D eigenvalue weighted by molar-refractivity contribution is 0.297. The molecule has 24 heavy (non-hydrogen) atoms. The van der Waals surface area contributed by atoms with Crippen LogP contribution in [0.4, 0.5) is 4.39 Å². The highest BCUT2D eigenvalue weighted by Crippen LogP contribution is 2.32. The Bertz CT molecular complexity index is 838. The van der Waals surface area contributed by atoms with Gasteiger partial charge in [-0.3, -0.25) is 0 Å². The molecule has 0 saturated heterocycles. The highest BCUT2D eigenvalue weighted by Gasteiger charge is 2.22. The third kappa shape index (κ3) is 3.52. The van der Waals surface area contributed by atoms with E-state index in [9.17, 15) is 12.8 Å². The van der Waals surface area contributed by atoms with Crippen LogP contribution in [0.15, 0.2) is 47.4 Å². The molecule has 3 rings (SSSR count). The van der Waals surface area contributed by atoms with Gasteiger partial charge in [0.25, 0.3) is 0 Å². The van der Waals surface area contributed by atoms with E-state index in [1.54, 1.807) is 31.2 Å². The van der Waals surface area contributed by atoms with Gasteiger partial charge in [-0.05, 0) is 25.1 Å². The third-order valence-electron chi connectivity index (χ3n) is 3.73. The van der Waals surface area contributed by atoms with Crippen LogP contribution in [0, 0.1) is 5.82 Å². The van der Waals surface area contributed by atoms with E-state index in [0.29, 0.717) is 24.7 Å². The van der Waals surface area contributed by atoms with E-state index in [0.717, 1.165) is 6.42 Å². The Labute approximate surface area is 140 Å². The van der Waals surface area contributed by atoms with Crippen molar-refractivity contribution >= 4 is 10.0 Å². The topological polar surface area (TPSA) is 64.6 Å². The molecule has 5 nitrogen and oxygen atoms in total. The molecule has 0 bridgehead atoms. The first kappa shape index (κ1) is 16.7. The van der Waals surface area contributed by atoms with Crippen molar-refractivity contribution in [3.63, 3.8) is 0 Å². The number of ether oxygens (including phenoxy) is 2. The molecule has 1 N–H and O–H groups in total. The van der Waals surface area contributed by atoms with Crippen LogP contribution >= 0.6 is 0 Å². The zero-order valence-corrected chi connectivity index (χ0v) is 14.0. The highest BCUT2D eigenvalue weighted by molar-refractivity contribution is 7.89. The number of hydrogen-bond donors (Lipinski definition) is 1. The largest absolute Gasteiger partial charge is 0.490 e. The van der Waals surface area contributed by atoms with Gasteiger partial charge in [-0.15, -0.1) is 0 Å². The van der Waals surface area contributed by atoms with Crippen molar-refractivity contribution in [2.24, 2.45) is 0 Å². The summed E-state index contributed by atoms with van der Waals surface area (Å²) in [5.74, 6) is 0.467. The Hall–Kier alpha value is -2.12. The lowest BCUT2D eigenvalue weighted by Crippen LogP contribution is -2.27. The minimum atomic E-state index is -3.82. The first-order valence-corrected chi connectivity index (χ1v) is 9.12. The summed E-state index contributed by atoms with van der Waals surface area (Å²) in [4.78, 5) is 0.0509. The Balaban J connectivity index is 1.85. The molecule has 128 valence electrons.